The molecular weight excluding hydrogens is 268 g/mol. The van der Waals surface area contributed by atoms with Crippen LogP contribution in [0.2, 0.25) is 0 Å². The molecule has 0 heterocycles. The molecule has 0 aliphatic rings. The second-order valence-electron chi connectivity index (χ2n) is 8.10. The fourth-order valence-corrected chi connectivity index (χ4v) is 2.70. The highest BCUT2D eigenvalue weighted by atomic mass is 16.3. The highest BCUT2D eigenvalue weighted by Gasteiger charge is 2.26. The van der Waals surface area contributed by atoms with Crippen LogP contribution in [0, 0.1) is 6.07 Å². The summed E-state index contributed by atoms with van der Waals surface area (Å²) in [4.78, 5) is 0. The van der Waals surface area contributed by atoms with Gasteiger partial charge in [0.05, 0.1) is 0 Å². The molecule has 22 heavy (non-hydrogen) atoms. The third-order valence-corrected chi connectivity index (χ3v) is 3.95. The van der Waals surface area contributed by atoms with Gasteiger partial charge in [-0.25, -0.2) is 0 Å². The molecule has 2 aromatic carbocycles. The second kappa shape index (κ2) is 5.79. The number of hydrogen-bond acceptors (Lipinski definition) is 1. The molecule has 1 radical (unpaired) electrons. The first-order valence-corrected chi connectivity index (χ1v) is 7.91. The van der Waals surface area contributed by atoms with Crippen LogP contribution >= 0.6 is 0 Å². The Bertz CT molecular complexity index is 605. The molecule has 0 aromatic heterocycles. The van der Waals surface area contributed by atoms with Gasteiger partial charge in [-0.05, 0) is 45.6 Å². The largest absolute Gasteiger partial charge is 0.507 e. The summed E-state index contributed by atoms with van der Waals surface area (Å²) >= 11 is 0. The molecule has 1 N–H and O–H groups in total. The van der Waals surface area contributed by atoms with Gasteiger partial charge in [0.25, 0.3) is 0 Å². The maximum absolute atomic E-state index is 10.7. The van der Waals surface area contributed by atoms with Crippen molar-refractivity contribution < 1.29 is 5.11 Å². The van der Waals surface area contributed by atoms with Crippen LogP contribution < -0.4 is 0 Å². The third kappa shape index (κ3) is 3.71. The number of hydrogen-bond donors (Lipinski definition) is 1. The average molecular weight is 295 g/mol. The number of phenols is 1. The minimum absolute atomic E-state index is 0.0828. The van der Waals surface area contributed by atoms with Crippen LogP contribution in [0.15, 0.2) is 36.4 Å². The van der Waals surface area contributed by atoms with Gasteiger partial charge < -0.3 is 5.11 Å². The Kier molecular flexibility index (Phi) is 4.37. The van der Waals surface area contributed by atoms with Gasteiger partial charge >= 0.3 is 0 Å². The molecule has 0 atom stereocenters. The van der Waals surface area contributed by atoms with Gasteiger partial charge in [-0.15, -0.1) is 0 Å². The SMILES string of the molecule is CC(C)(C)c1cc(Cc2[c]cccc2)cc(C(C)(C)C)c1O. The van der Waals surface area contributed by atoms with E-state index in [-0.39, 0.29) is 10.8 Å². The number of phenolic OH excluding ortho intramolecular Hbond substituents is 1. The molecule has 117 valence electrons. The first-order valence-electron chi connectivity index (χ1n) is 7.91. The lowest BCUT2D eigenvalue weighted by molar-refractivity contribution is 0.423. The van der Waals surface area contributed by atoms with Crippen LogP contribution in [0.25, 0.3) is 0 Å². The first kappa shape index (κ1) is 16.6. The smallest absolute Gasteiger partial charge is 0.123 e. The normalized spacial score (nSPS) is 12.5. The van der Waals surface area contributed by atoms with Crippen molar-refractivity contribution in [3.8, 4) is 5.75 Å². The molecule has 1 heteroatoms. The summed E-state index contributed by atoms with van der Waals surface area (Å²) in [5.41, 5.74) is 4.28. The zero-order valence-corrected chi connectivity index (χ0v) is 14.6. The highest BCUT2D eigenvalue weighted by Crippen LogP contribution is 2.40. The van der Waals surface area contributed by atoms with E-state index in [1.165, 1.54) is 11.1 Å². The molecule has 0 aliphatic heterocycles. The lowest BCUT2D eigenvalue weighted by Gasteiger charge is -2.28. The van der Waals surface area contributed by atoms with Crippen molar-refractivity contribution in [1.29, 1.82) is 0 Å². The zero-order chi connectivity index (χ0) is 16.5. The van der Waals surface area contributed by atoms with Crippen molar-refractivity contribution >= 4 is 0 Å². The van der Waals surface area contributed by atoms with Crippen molar-refractivity contribution in [2.45, 2.75) is 58.8 Å². The van der Waals surface area contributed by atoms with Crippen LogP contribution in [0.5, 0.6) is 5.75 Å². The summed E-state index contributed by atoms with van der Waals surface area (Å²) < 4.78 is 0. The predicted molar refractivity (Wildman–Crippen MR) is 93.6 cm³/mol. The Morgan fingerprint density at radius 3 is 1.86 bits per heavy atom. The maximum Gasteiger partial charge on any atom is 0.123 e. The molecule has 0 amide bonds. The summed E-state index contributed by atoms with van der Waals surface area (Å²) in [7, 11) is 0. The van der Waals surface area contributed by atoms with E-state index in [1.54, 1.807) is 0 Å². The van der Waals surface area contributed by atoms with Crippen LogP contribution in [0.4, 0.5) is 0 Å². The molecule has 0 fully saturated rings. The predicted octanol–water partition coefficient (Wildman–Crippen LogP) is 5.38. The van der Waals surface area contributed by atoms with E-state index in [9.17, 15) is 5.11 Å². The fourth-order valence-electron chi connectivity index (χ4n) is 2.70. The molecule has 2 aromatic rings. The zero-order valence-electron chi connectivity index (χ0n) is 14.6. The van der Waals surface area contributed by atoms with E-state index in [1.807, 2.05) is 18.2 Å². The monoisotopic (exact) mass is 295 g/mol. The Balaban J connectivity index is 2.56. The quantitative estimate of drug-likeness (QED) is 0.788. The molecule has 0 aliphatic carbocycles. The number of rotatable bonds is 2. The Morgan fingerprint density at radius 1 is 0.909 bits per heavy atom. The first-order chi connectivity index (χ1) is 10.1. The van der Waals surface area contributed by atoms with Gasteiger partial charge in [-0.2, -0.15) is 0 Å². The molecule has 0 unspecified atom stereocenters. The van der Waals surface area contributed by atoms with Gasteiger partial charge in [0.1, 0.15) is 5.75 Å². The van der Waals surface area contributed by atoms with Gasteiger partial charge in [-0.1, -0.05) is 77.9 Å². The van der Waals surface area contributed by atoms with Gasteiger partial charge in [0.15, 0.2) is 0 Å². The van der Waals surface area contributed by atoms with Crippen LogP contribution in [0.3, 0.4) is 0 Å². The van der Waals surface area contributed by atoms with Crippen LogP contribution in [0.1, 0.15) is 63.8 Å². The van der Waals surface area contributed by atoms with Crippen molar-refractivity contribution in [3.63, 3.8) is 0 Å². The lowest BCUT2D eigenvalue weighted by atomic mass is 9.78. The third-order valence-electron chi connectivity index (χ3n) is 3.95. The minimum Gasteiger partial charge on any atom is -0.507 e. The molecule has 0 bridgehead atoms. The van der Waals surface area contributed by atoms with Crippen molar-refractivity contribution in [1.82, 2.24) is 0 Å². The van der Waals surface area contributed by atoms with Gasteiger partial charge in [0, 0.05) is 0 Å². The van der Waals surface area contributed by atoms with E-state index < -0.39 is 0 Å². The minimum atomic E-state index is -0.0828. The molecule has 0 saturated carbocycles. The highest BCUT2D eigenvalue weighted by molar-refractivity contribution is 5.50. The summed E-state index contributed by atoms with van der Waals surface area (Å²) in [5.74, 6) is 0.445. The summed E-state index contributed by atoms with van der Waals surface area (Å²) in [6, 6.07) is 15.7. The van der Waals surface area contributed by atoms with Gasteiger partial charge in [-0.3, -0.25) is 0 Å². The van der Waals surface area contributed by atoms with E-state index >= 15 is 0 Å². The Hall–Kier alpha value is -1.76. The molecule has 2 rings (SSSR count). The summed E-state index contributed by atoms with van der Waals surface area (Å²) in [6.45, 7) is 12.9. The van der Waals surface area contributed by atoms with E-state index in [4.69, 9.17) is 0 Å². The van der Waals surface area contributed by atoms with E-state index in [0.717, 1.165) is 17.5 Å². The summed E-state index contributed by atoms with van der Waals surface area (Å²) in [6.07, 6.45) is 0.841. The Morgan fingerprint density at radius 2 is 1.45 bits per heavy atom. The molecule has 0 saturated heterocycles. The molecule has 1 nitrogen and oxygen atoms in total. The number of benzene rings is 2. The number of aromatic hydroxyl groups is 1. The molecule has 0 spiro atoms. The van der Waals surface area contributed by atoms with E-state index in [2.05, 4.69) is 65.8 Å². The van der Waals surface area contributed by atoms with Crippen molar-refractivity contribution in [2.24, 2.45) is 0 Å². The topological polar surface area (TPSA) is 20.2 Å². The maximum atomic E-state index is 10.7. The van der Waals surface area contributed by atoms with Gasteiger partial charge in [0.2, 0.25) is 0 Å². The standard InChI is InChI=1S/C21H27O/c1-20(2,3)17-13-16(12-15-10-8-7-9-11-15)14-18(19(17)22)21(4,5)6/h7-10,13-14,22H,12H2,1-6H3. The Labute approximate surface area is 135 Å². The van der Waals surface area contributed by atoms with E-state index in [0.29, 0.717) is 5.75 Å². The lowest BCUT2D eigenvalue weighted by Crippen LogP contribution is -2.18. The second-order valence-corrected chi connectivity index (χ2v) is 8.10. The van der Waals surface area contributed by atoms with Crippen molar-refractivity contribution in [2.75, 3.05) is 0 Å². The van der Waals surface area contributed by atoms with Crippen molar-refractivity contribution in [3.05, 3.63) is 64.7 Å². The van der Waals surface area contributed by atoms with Crippen LogP contribution in [-0.2, 0) is 17.3 Å². The summed E-state index contributed by atoms with van der Waals surface area (Å²) in [5, 5.41) is 10.7. The van der Waals surface area contributed by atoms with Crippen LogP contribution in [-0.4, -0.2) is 5.11 Å². The fraction of sp³-hybridized carbons (Fsp3) is 0.429. The average Bonchev–Trinajstić information content (AvgIpc) is 2.39. The molecular formula is C21H27O.